The molecule has 4 nitrogen and oxygen atoms in total. The largest absolute Gasteiger partial charge is 0.370 e. The van der Waals surface area contributed by atoms with E-state index in [4.69, 9.17) is 27.9 Å². The maximum absolute atomic E-state index is 12.5. The SMILES string of the molecule is O=C(/C=C/c1ccc(Cl)c(Cl)c1)N[C@H](C[NH+]1CCOCC1)c1ccccc1. The van der Waals surface area contributed by atoms with Gasteiger partial charge in [-0.25, -0.2) is 0 Å². The first-order valence-electron chi connectivity index (χ1n) is 9.02. The van der Waals surface area contributed by atoms with Crippen LogP contribution in [0, 0.1) is 0 Å². The highest BCUT2D eigenvalue weighted by Crippen LogP contribution is 2.23. The van der Waals surface area contributed by atoms with Gasteiger partial charge in [-0.05, 0) is 29.3 Å². The number of ether oxygens (including phenoxy) is 1. The summed E-state index contributed by atoms with van der Waals surface area (Å²) in [6.07, 6.45) is 3.27. The Morgan fingerprint density at radius 1 is 1.11 bits per heavy atom. The maximum Gasteiger partial charge on any atom is 0.244 e. The van der Waals surface area contributed by atoms with Crippen LogP contribution in [0.2, 0.25) is 10.0 Å². The van der Waals surface area contributed by atoms with Gasteiger partial charge in [0, 0.05) is 6.08 Å². The molecule has 1 atom stereocenters. The third-order valence-electron chi connectivity index (χ3n) is 4.58. The van der Waals surface area contributed by atoms with Gasteiger partial charge in [0.05, 0.1) is 23.3 Å². The van der Waals surface area contributed by atoms with Gasteiger partial charge >= 0.3 is 0 Å². The molecule has 2 aromatic carbocycles. The molecule has 6 heteroatoms. The molecule has 0 bridgehead atoms. The Morgan fingerprint density at radius 2 is 1.85 bits per heavy atom. The van der Waals surface area contributed by atoms with E-state index < -0.39 is 0 Å². The fourth-order valence-corrected chi connectivity index (χ4v) is 3.40. The molecule has 0 aliphatic carbocycles. The molecular formula is C21H23Cl2N2O2+. The number of hydrogen-bond acceptors (Lipinski definition) is 2. The molecule has 1 aliphatic rings. The van der Waals surface area contributed by atoms with Crippen LogP contribution < -0.4 is 10.2 Å². The summed E-state index contributed by atoms with van der Waals surface area (Å²) in [6, 6.07) is 15.3. The summed E-state index contributed by atoms with van der Waals surface area (Å²) >= 11 is 11.9. The number of carbonyl (C=O) groups is 1. The summed E-state index contributed by atoms with van der Waals surface area (Å²) in [4.78, 5) is 13.9. The van der Waals surface area contributed by atoms with Gasteiger partial charge < -0.3 is 15.0 Å². The summed E-state index contributed by atoms with van der Waals surface area (Å²) in [5.74, 6) is -0.136. The number of quaternary nitrogens is 1. The van der Waals surface area contributed by atoms with Crippen LogP contribution in [0.3, 0.4) is 0 Å². The van der Waals surface area contributed by atoms with Crippen molar-refractivity contribution in [1.29, 1.82) is 0 Å². The van der Waals surface area contributed by atoms with Crippen molar-refractivity contribution in [3.63, 3.8) is 0 Å². The van der Waals surface area contributed by atoms with Crippen LogP contribution in [-0.4, -0.2) is 38.8 Å². The van der Waals surface area contributed by atoms with Crippen molar-refractivity contribution in [3.8, 4) is 0 Å². The van der Waals surface area contributed by atoms with Crippen molar-refractivity contribution >= 4 is 35.2 Å². The molecule has 27 heavy (non-hydrogen) atoms. The quantitative estimate of drug-likeness (QED) is 0.725. The summed E-state index contributed by atoms with van der Waals surface area (Å²) in [7, 11) is 0. The van der Waals surface area contributed by atoms with Crippen LogP contribution in [0.4, 0.5) is 0 Å². The molecule has 1 fully saturated rings. The van der Waals surface area contributed by atoms with Crippen molar-refractivity contribution < 1.29 is 14.4 Å². The van der Waals surface area contributed by atoms with Gasteiger partial charge in [-0.3, -0.25) is 4.79 Å². The van der Waals surface area contributed by atoms with Crippen molar-refractivity contribution in [1.82, 2.24) is 5.32 Å². The lowest BCUT2D eigenvalue weighted by Crippen LogP contribution is -3.14. The first-order chi connectivity index (χ1) is 13.1. The average molecular weight is 406 g/mol. The smallest absolute Gasteiger partial charge is 0.244 e. The van der Waals surface area contributed by atoms with Gasteiger partial charge in [-0.2, -0.15) is 0 Å². The molecule has 0 saturated carbocycles. The molecule has 2 N–H and O–H groups in total. The lowest BCUT2D eigenvalue weighted by Gasteiger charge is -2.28. The molecule has 1 aliphatic heterocycles. The van der Waals surface area contributed by atoms with Crippen LogP contribution in [0.5, 0.6) is 0 Å². The van der Waals surface area contributed by atoms with Crippen LogP contribution in [-0.2, 0) is 9.53 Å². The normalized spacial score (nSPS) is 16.4. The second-order valence-corrected chi connectivity index (χ2v) is 7.36. The average Bonchev–Trinajstić information content (AvgIpc) is 2.70. The fraction of sp³-hybridized carbons (Fsp3) is 0.286. The van der Waals surface area contributed by atoms with Crippen LogP contribution in [0.1, 0.15) is 17.2 Å². The molecule has 1 amide bonds. The molecule has 0 unspecified atom stereocenters. The van der Waals surface area contributed by atoms with Gasteiger partial charge in [0.15, 0.2) is 0 Å². The molecule has 0 aromatic heterocycles. The van der Waals surface area contributed by atoms with Gasteiger partial charge in [0.2, 0.25) is 5.91 Å². The third kappa shape index (κ3) is 6.08. The van der Waals surface area contributed by atoms with Gasteiger partial charge in [-0.1, -0.05) is 59.6 Å². The topological polar surface area (TPSA) is 42.8 Å². The molecule has 2 aromatic rings. The molecular weight excluding hydrogens is 383 g/mol. The Hall–Kier alpha value is -1.85. The summed E-state index contributed by atoms with van der Waals surface area (Å²) < 4.78 is 5.43. The number of morpholine rings is 1. The third-order valence-corrected chi connectivity index (χ3v) is 5.32. The lowest BCUT2D eigenvalue weighted by atomic mass is 10.1. The van der Waals surface area contributed by atoms with Crippen molar-refractivity contribution in [2.24, 2.45) is 0 Å². The van der Waals surface area contributed by atoms with E-state index in [0.29, 0.717) is 10.0 Å². The second kappa shape index (κ2) is 9.90. The number of benzene rings is 2. The number of carbonyl (C=O) groups excluding carboxylic acids is 1. The van der Waals surface area contributed by atoms with Crippen LogP contribution in [0.25, 0.3) is 6.08 Å². The lowest BCUT2D eigenvalue weighted by molar-refractivity contribution is -0.909. The summed E-state index contributed by atoms with van der Waals surface area (Å²) in [5, 5.41) is 4.10. The number of halogens is 2. The number of nitrogens with one attached hydrogen (secondary N) is 2. The predicted molar refractivity (Wildman–Crippen MR) is 109 cm³/mol. The van der Waals surface area contributed by atoms with Crippen molar-refractivity contribution in [3.05, 3.63) is 75.8 Å². The first-order valence-corrected chi connectivity index (χ1v) is 9.77. The van der Waals surface area contributed by atoms with Crippen molar-refractivity contribution in [2.45, 2.75) is 6.04 Å². The zero-order valence-corrected chi connectivity index (χ0v) is 16.5. The Kier molecular flexibility index (Phi) is 7.30. The maximum atomic E-state index is 12.5. The molecule has 0 radical (unpaired) electrons. The van der Waals surface area contributed by atoms with E-state index in [1.54, 1.807) is 18.2 Å². The zero-order valence-electron chi connectivity index (χ0n) is 15.0. The molecule has 142 valence electrons. The monoisotopic (exact) mass is 405 g/mol. The van der Waals surface area contributed by atoms with E-state index in [1.807, 2.05) is 36.4 Å². The minimum atomic E-state index is -0.136. The number of rotatable bonds is 6. The van der Waals surface area contributed by atoms with Crippen molar-refractivity contribution in [2.75, 3.05) is 32.8 Å². The van der Waals surface area contributed by atoms with Gasteiger partial charge in [0.1, 0.15) is 25.7 Å². The van der Waals surface area contributed by atoms with E-state index in [1.165, 1.54) is 11.0 Å². The van der Waals surface area contributed by atoms with E-state index in [0.717, 1.165) is 44.0 Å². The Balaban J connectivity index is 1.67. The van der Waals surface area contributed by atoms with Crippen LogP contribution >= 0.6 is 23.2 Å². The number of hydrogen-bond donors (Lipinski definition) is 2. The van der Waals surface area contributed by atoms with E-state index in [2.05, 4.69) is 5.32 Å². The van der Waals surface area contributed by atoms with E-state index in [9.17, 15) is 4.79 Å². The van der Waals surface area contributed by atoms with Gasteiger partial charge in [-0.15, -0.1) is 0 Å². The molecule has 1 saturated heterocycles. The van der Waals surface area contributed by atoms with Crippen LogP contribution in [0.15, 0.2) is 54.6 Å². The zero-order chi connectivity index (χ0) is 19.1. The fourth-order valence-electron chi connectivity index (χ4n) is 3.10. The molecule has 0 spiro atoms. The summed E-state index contributed by atoms with van der Waals surface area (Å²) in [6.45, 7) is 4.28. The predicted octanol–water partition coefficient (Wildman–Crippen LogP) is 2.78. The Morgan fingerprint density at radius 3 is 2.56 bits per heavy atom. The molecule has 3 rings (SSSR count). The minimum Gasteiger partial charge on any atom is -0.370 e. The highest BCUT2D eigenvalue weighted by molar-refractivity contribution is 6.42. The van der Waals surface area contributed by atoms with E-state index in [-0.39, 0.29) is 11.9 Å². The first kappa shape index (κ1) is 19.9. The summed E-state index contributed by atoms with van der Waals surface area (Å²) in [5.41, 5.74) is 1.93. The van der Waals surface area contributed by atoms with E-state index >= 15 is 0 Å². The molecule has 1 heterocycles. The second-order valence-electron chi connectivity index (χ2n) is 6.55. The Bertz CT molecular complexity index is 790. The minimum absolute atomic E-state index is 0.0507. The van der Waals surface area contributed by atoms with Gasteiger partial charge in [0.25, 0.3) is 0 Å². The highest BCUT2D eigenvalue weighted by atomic mass is 35.5. The highest BCUT2D eigenvalue weighted by Gasteiger charge is 2.22. The Labute approximate surface area is 169 Å². The number of amides is 1. The standard InChI is InChI=1S/C21H22Cl2N2O2/c22-18-8-6-16(14-19(18)23)7-9-21(26)24-20(17-4-2-1-3-5-17)15-25-10-12-27-13-11-25/h1-9,14,20H,10-13,15H2,(H,24,26)/p+1/b9-7+/t20-/m1/s1.